The highest BCUT2D eigenvalue weighted by Gasteiger charge is 2.19. The van der Waals surface area contributed by atoms with Crippen LogP contribution >= 0.6 is 0 Å². The van der Waals surface area contributed by atoms with Crippen LogP contribution in [0, 0.1) is 6.92 Å². The zero-order chi connectivity index (χ0) is 16.7. The normalized spacial score (nSPS) is 10.4. The Balaban J connectivity index is 2.97. The van der Waals surface area contributed by atoms with Crippen LogP contribution < -0.4 is 4.90 Å². The van der Waals surface area contributed by atoms with Crippen molar-refractivity contribution in [2.75, 3.05) is 24.5 Å². The molecule has 122 valence electrons. The Morgan fingerprint density at radius 1 is 1.09 bits per heavy atom. The molecule has 0 saturated heterocycles. The first-order chi connectivity index (χ1) is 10.5. The summed E-state index contributed by atoms with van der Waals surface area (Å²) < 4.78 is 0. The van der Waals surface area contributed by atoms with Gasteiger partial charge < -0.3 is 9.80 Å². The van der Waals surface area contributed by atoms with E-state index in [1.165, 1.54) is 0 Å². The fraction of sp³-hybridized carbons (Fsp3) is 0.556. The Morgan fingerprint density at radius 2 is 1.73 bits per heavy atom. The van der Waals surface area contributed by atoms with Gasteiger partial charge in [0.1, 0.15) is 0 Å². The maximum atomic E-state index is 12.2. The Kier molecular flexibility index (Phi) is 7.09. The minimum Gasteiger partial charge on any atom is -0.343 e. The zero-order valence-electron chi connectivity index (χ0n) is 14.5. The van der Waals surface area contributed by atoms with Gasteiger partial charge in [-0.05, 0) is 38.3 Å². The van der Waals surface area contributed by atoms with E-state index in [0.717, 1.165) is 23.2 Å². The molecule has 0 heterocycles. The van der Waals surface area contributed by atoms with Crippen molar-refractivity contribution in [3.05, 3.63) is 29.3 Å². The fourth-order valence-electron chi connectivity index (χ4n) is 2.76. The lowest BCUT2D eigenvalue weighted by Crippen LogP contribution is -2.37. The summed E-state index contributed by atoms with van der Waals surface area (Å²) >= 11 is 0. The number of rotatable bonds is 7. The molecule has 0 aromatic heterocycles. The first-order valence-electron chi connectivity index (χ1n) is 8.10. The number of carbonyl (C=O) groups is 2. The van der Waals surface area contributed by atoms with E-state index >= 15 is 0 Å². The molecule has 0 aliphatic carbocycles. The Bertz CT molecular complexity index is 522. The van der Waals surface area contributed by atoms with Crippen LogP contribution in [-0.2, 0) is 16.0 Å². The van der Waals surface area contributed by atoms with Crippen LogP contribution in [-0.4, -0.2) is 36.3 Å². The molecule has 0 spiro atoms. The SMILES string of the molecule is CCc1cccc(C)c1N(CCC(=O)N(CC)CC)C(C)=O. The minimum atomic E-state index is -0.0173. The van der Waals surface area contributed by atoms with Gasteiger partial charge in [-0.2, -0.15) is 0 Å². The molecule has 0 aliphatic heterocycles. The second-order valence-electron chi connectivity index (χ2n) is 5.42. The number of hydrogen-bond donors (Lipinski definition) is 0. The fourth-order valence-corrected chi connectivity index (χ4v) is 2.76. The third-order valence-electron chi connectivity index (χ3n) is 4.02. The highest BCUT2D eigenvalue weighted by atomic mass is 16.2. The van der Waals surface area contributed by atoms with Crippen LogP contribution in [0.3, 0.4) is 0 Å². The third kappa shape index (κ3) is 4.33. The van der Waals surface area contributed by atoms with Gasteiger partial charge in [0.2, 0.25) is 11.8 Å². The van der Waals surface area contributed by atoms with Gasteiger partial charge in [-0.15, -0.1) is 0 Å². The lowest BCUT2D eigenvalue weighted by molar-refractivity contribution is -0.130. The second-order valence-corrected chi connectivity index (χ2v) is 5.42. The highest BCUT2D eigenvalue weighted by Crippen LogP contribution is 2.26. The van der Waals surface area contributed by atoms with Crippen molar-refractivity contribution in [1.29, 1.82) is 0 Å². The standard InChI is InChI=1S/C18H28N2O2/c1-6-16-11-9-10-14(4)18(16)20(15(5)21)13-12-17(22)19(7-2)8-3/h9-11H,6-8,12-13H2,1-5H3. The molecule has 4 heteroatoms. The van der Waals surface area contributed by atoms with Gasteiger partial charge in [-0.3, -0.25) is 9.59 Å². The Hall–Kier alpha value is -1.84. The molecule has 0 saturated carbocycles. The minimum absolute atomic E-state index is 0.0173. The number of benzene rings is 1. The van der Waals surface area contributed by atoms with Crippen molar-refractivity contribution < 1.29 is 9.59 Å². The van der Waals surface area contributed by atoms with Gasteiger partial charge in [-0.1, -0.05) is 25.1 Å². The van der Waals surface area contributed by atoms with E-state index < -0.39 is 0 Å². The summed E-state index contributed by atoms with van der Waals surface area (Å²) in [6.45, 7) is 11.5. The summed E-state index contributed by atoms with van der Waals surface area (Å²) in [6, 6.07) is 6.07. The van der Waals surface area contributed by atoms with Crippen LogP contribution in [0.25, 0.3) is 0 Å². The van der Waals surface area contributed by atoms with Crippen molar-refractivity contribution in [1.82, 2.24) is 4.90 Å². The number of para-hydroxylation sites is 1. The molecule has 0 aliphatic rings. The smallest absolute Gasteiger partial charge is 0.224 e. The van der Waals surface area contributed by atoms with Crippen LogP contribution in [0.5, 0.6) is 0 Å². The predicted molar refractivity (Wildman–Crippen MR) is 91.1 cm³/mol. The first kappa shape index (κ1) is 18.2. The van der Waals surface area contributed by atoms with Gasteiger partial charge in [0.15, 0.2) is 0 Å². The molecule has 2 amide bonds. The maximum Gasteiger partial charge on any atom is 0.224 e. The van der Waals surface area contributed by atoms with E-state index in [2.05, 4.69) is 6.92 Å². The maximum absolute atomic E-state index is 12.2. The van der Waals surface area contributed by atoms with E-state index in [-0.39, 0.29) is 11.8 Å². The summed E-state index contributed by atoms with van der Waals surface area (Å²) in [5.41, 5.74) is 3.18. The summed E-state index contributed by atoms with van der Waals surface area (Å²) in [4.78, 5) is 27.8. The van der Waals surface area contributed by atoms with Crippen LogP contribution in [0.1, 0.15) is 45.2 Å². The average Bonchev–Trinajstić information content (AvgIpc) is 2.49. The second kappa shape index (κ2) is 8.57. The summed E-state index contributed by atoms with van der Waals surface area (Å²) in [6.07, 6.45) is 1.23. The van der Waals surface area contributed by atoms with Crippen LogP contribution in [0.15, 0.2) is 18.2 Å². The molecule has 22 heavy (non-hydrogen) atoms. The molecule has 1 rings (SSSR count). The van der Waals surface area contributed by atoms with Crippen molar-refractivity contribution >= 4 is 17.5 Å². The largest absolute Gasteiger partial charge is 0.343 e. The molecule has 1 aromatic rings. The average molecular weight is 304 g/mol. The van der Waals surface area contributed by atoms with Gasteiger partial charge >= 0.3 is 0 Å². The summed E-state index contributed by atoms with van der Waals surface area (Å²) in [5.74, 6) is 0.0826. The third-order valence-corrected chi connectivity index (χ3v) is 4.02. The summed E-state index contributed by atoms with van der Waals surface area (Å²) in [5, 5.41) is 0. The molecule has 0 bridgehead atoms. The van der Waals surface area contributed by atoms with Gasteiger partial charge in [0.25, 0.3) is 0 Å². The predicted octanol–water partition coefficient (Wildman–Crippen LogP) is 3.17. The number of hydrogen-bond acceptors (Lipinski definition) is 2. The molecule has 4 nitrogen and oxygen atoms in total. The molecule has 0 fully saturated rings. The van der Waals surface area contributed by atoms with E-state index in [1.54, 1.807) is 16.7 Å². The number of nitrogens with zero attached hydrogens (tertiary/aromatic N) is 2. The molecule has 0 radical (unpaired) electrons. The number of aryl methyl sites for hydroxylation is 2. The number of anilines is 1. The molecule has 1 aromatic carbocycles. The monoisotopic (exact) mass is 304 g/mol. The number of carbonyl (C=O) groups excluding carboxylic acids is 2. The van der Waals surface area contributed by atoms with Gasteiger partial charge in [-0.25, -0.2) is 0 Å². The molecule has 0 unspecified atom stereocenters. The van der Waals surface area contributed by atoms with E-state index in [1.807, 2.05) is 39.0 Å². The highest BCUT2D eigenvalue weighted by molar-refractivity contribution is 5.94. The Morgan fingerprint density at radius 3 is 2.23 bits per heavy atom. The van der Waals surface area contributed by atoms with E-state index in [0.29, 0.717) is 26.1 Å². The van der Waals surface area contributed by atoms with Gasteiger partial charge in [0.05, 0.1) is 0 Å². The zero-order valence-corrected chi connectivity index (χ0v) is 14.5. The number of amides is 2. The molecular formula is C18H28N2O2. The Labute approximate surface area is 134 Å². The van der Waals surface area contributed by atoms with Crippen molar-refractivity contribution in [3.8, 4) is 0 Å². The van der Waals surface area contributed by atoms with Crippen molar-refractivity contribution in [3.63, 3.8) is 0 Å². The quantitative estimate of drug-likeness (QED) is 0.776. The lowest BCUT2D eigenvalue weighted by atomic mass is 10.0. The molecule has 0 N–H and O–H groups in total. The van der Waals surface area contributed by atoms with E-state index in [4.69, 9.17) is 0 Å². The van der Waals surface area contributed by atoms with Crippen LogP contribution in [0.2, 0.25) is 0 Å². The first-order valence-corrected chi connectivity index (χ1v) is 8.10. The van der Waals surface area contributed by atoms with Crippen molar-refractivity contribution in [2.24, 2.45) is 0 Å². The summed E-state index contributed by atoms with van der Waals surface area (Å²) in [7, 11) is 0. The molecular weight excluding hydrogens is 276 g/mol. The lowest BCUT2D eigenvalue weighted by Gasteiger charge is -2.27. The van der Waals surface area contributed by atoms with Gasteiger partial charge in [0, 0.05) is 38.7 Å². The topological polar surface area (TPSA) is 40.6 Å². The van der Waals surface area contributed by atoms with Crippen molar-refractivity contribution in [2.45, 2.75) is 47.5 Å². The van der Waals surface area contributed by atoms with Crippen LogP contribution in [0.4, 0.5) is 5.69 Å². The molecule has 0 atom stereocenters. The van der Waals surface area contributed by atoms with E-state index in [9.17, 15) is 9.59 Å².